The molecule has 2 atom stereocenters. The molecule has 0 bridgehead atoms. The zero-order chi connectivity index (χ0) is 48.7. The molecule has 0 amide bonds. The summed E-state index contributed by atoms with van der Waals surface area (Å²) in [6.45, 7) is 16.4. The molecule has 0 N–H and O–H groups in total. The molecule has 1 aliphatic rings. The first kappa shape index (κ1) is 61.8. The average molecular weight is 935 g/mol. The summed E-state index contributed by atoms with van der Waals surface area (Å²) in [5.74, 6) is 0.882. The molecule has 0 aromatic carbocycles. The molecule has 1 saturated heterocycles. The molecule has 1 aliphatic heterocycles. The van der Waals surface area contributed by atoms with E-state index in [4.69, 9.17) is 18.9 Å². The van der Waals surface area contributed by atoms with Crippen molar-refractivity contribution < 1.29 is 38.1 Å². The van der Waals surface area contributed by atoms with E-state index in [2.05, 4.69) is 32.6 Å². The third-order valence-electron chi connectivity index (χ3n) is 13.9. The smallest absolute Gasteiger partial charge is 0.323 e. The van der Waals surface area contributed by atoms with Crippen LogP contribution in [0.25, 0.3) is 0 Å². The van der Waals surface area contributed by atoms with Gasteiger partial charge < -0.3 is 23.8 Å². The van der Waals surface area contributed by atoms with E-state index in [1.807, 2.05) is 32.8 Å². The lowest BCUT2D eigenvalue weighted by Crippen LogP contribution is -2.38. The summed E-state index contributed by atoms with van der Waals surface area (Å²) in [5.41, 5.74) is -0.506. The third-order valence-corrected chi connectivity index (χ3v) is 13.9. The van der Waals surface area contributed by atoms with Gasteiger partial charge in [0.1, 0.15) is 12.1 Å². The van der Waals surface area contributed by atoms with Gasteiger partial charge >= 0.3 is 23.9 Å². The quantitative estimate of drug-likeness (QED) is 0.0332. The Bertz CT molecular complexity index is 1190. The lowest BCUT2D eigenvalue weighted by atomic mass is 9.87. The third kappa shape index (κ3) is 32.5. The molecular formula is C56H106N2O8. The van der Waals surface area contributed by atoms with Crippen LogP contribution < -0.4 is 0 Å². The van der Waals surface area contributed by atoms with E-state index in [1.54, 1.807) is 0 Å². The fourth-order valence-electron chi connectivity index (χ4n) is 9.47. The van der Waals surface area contributed by atoms with Gasteiger partial charge in [-0.15, -0.1) is 0 Å². The van der Waals surface area contributed by atoms with Crippen molar-refractivity contribution in [2.45, 2.75) is 266 Å². The minimum atomic E-state index is -0.506. The first-order valence-electron chi connectivity index (χ1n) is 27.9. The van der Waals surface area contributed by atoms with Gasteiger partial charge in [-0.1, -0.05) is 169 Å². The van der Waals surface area contributed by atoms with E-state index in [1.165, 1.54) is 103 Å². The van der Waals surface area contributed by atoms with E-state index >= 15 is 0 Å². The van der Waals surface area contributed by atoms with Gasteiger partial charge in [-0.2, -0.15) is 0 Å². The Morgan fingerprint density at radius 1 is 0.545 bits per heavy atom. The minimum absolute atomic E-state index is 0.0822. The normalized spacial score (nSPS) is 15.6. The molecular weight excluding hydrogens is 829 g/mol. The van der Waals surface area contributed by atoms with E-state index in [9.17, 15) is 19.2 Å². The number of rotatable bonds is 45. The molecule has 0 aromatic heterocycles. The maximum Gasteiger partial charge on any atom is 0.323 e. The summed E-state index contributed by atoms with van der Waals surface area (Å²) in [4.78, 5) is 55.5. The molecule has 0 aliphatic carbocycles. The van der Waals surface area contributed by atoms with Gasteiger partial charge in [0.2, 0.25) is 0 Å². The van der Waals surface area contributed by atoms with Crippen LogP contribution in [0.4, 0.5) is 0 Å². The molecule has 1 fully saturated rings. The molecule has 1 rings (SSSR count). The lowest BCUT2D eigenvalue weighted by molar-refractivity contribution is -0.154. The summed E-state index contributed by atoms with van der Waals surface area (Å²) in [6, 6.07) is -0.424. The van der Waals surface area contributed by atoms with Crippen LogP contribution in [0.1, 0.15) is 253 Å². The molecule has 66 heavy (non-hydrogen) atoms. The second-order valence-corrected chi connectivity index (χ2v) is 21.0. The number of ether oxygens (including phenoxy) is 4. The number of hydrogen-bond acceptors (Lipinski definition) is 10. The maximum absolute atomic E-state index is 13.4. The summed E-state index contributed by atoms with van der Waals surface area (Å²) >= 11 is 0. The Morgan fingerprint density at radius 2 is 1.03 bits per heavy atom. The molecule has 388 valence electrons. The number of esters is 4. The van der Waals surface area contributed by atoms with Gasteiger partial charge in [-0.05, 0) is 97.7 Å². The highest BCUT2D eigenvalue weighted by atomic mass is 16.6. The lowest BCUT2D eigenvalue weighted by Gasteiger charge is -2.24. The summed E-state index contributed by atoms with van der Waals surface area (Å²) in [6.07, 6.45) is 35.0. The van der Waals surface area contributed by atoms with Crippen LogP contribution >= 0.6 is 0 Å². The van der Waals surface area contributed by atoms with Crippen molar-refractivity contribution in [1.82, 2.24) is 9.80 Å². The first-order valence-corrected chi connectivity index (χ1v) is 27.9. The van der Waals surface area contributed by atoms with Gasteiger partial charge in [0.25, 0.3) is 0 Å². The molecule has 10 nitrogen and oxygen atoms in total. The molecule has 0 radical (unpaired) electrons. The highest BCUT2D eigenvalue weighted by molar-refractivity contribution is 5.77. The highest BCUT2D eigenvalue weighted by Gasteiger charge is 2.39. The monoisotopic (exact) mass is 935 g/mol. The zero-order valence-electron chi connectivity index (χ0n) is 44.5. The van der Waals surface area contributed by atoms with Crippen LogP contribution in [0.5, 0.6) is 0 Å². The summed E-state index contributed by atoms with van der Waals surface area (Å²) in [5, 5.41) is 0. The average Bonchev–Trinajstić information content (AvgIpc) is 3.69. The maximum atomic E-state index is 13.4. The second kappa shape index (κ2) is 40.7. The molecule has 0 unspecified atom stereocenters. The van der Waals surface area contributed by atoms with Crippen molar-refractivity contribution in [3.63, 3.8) is 0 Å². The van der Waals surface area contributed by atoms with Gasteiger partial charge in [0.05, 0.1) is 31.7 Å². The van der Waals surface area contributed by atoms with E-state index < -0.39 is 11.5 Å². The Kier molecular flexibility index (Phi) is 38.1. The van der Waals surface area contributed by atoms with Gasteiger partial charge in [0, 0.05) is 25.9 Å². The number of unbranched alkanes of at least 4 members (excludes halogenated alkanes) is 15. The predicted octanol–water partition coefficient (Wildman–Crippen LogP) is 14.0. The number of hydrogen-bond donors (Lipinski definition) is 0. The van der Waals surface area contributed by atoms with Crippen molar-refractivity contribution >= 4 is 23.9 Å². The van der Waals surface area contributed by atoms with Crippen LogP contribution in [0.3, 0.4) is 0 Å². The van der Waals surface area contributed by atoms with Crippen LogP contribution in [0, 0.1) is 17.3 Å². The number of carbonyl (C=O) groups excluding carboxylic acids is 4. The fourth-order valence-corrected chi connectivity index (χ4v) is 9.47. The van der Waals surface area contributed by atoms with Crippen LogP contribution in [-0.2, 0) is 38.1 Å². The minimum Gasteiger partial charge on any atom is -0.466 e. The van der Waals surface area contributed by atoms with E-state index in [0.29, 0.717) is 52.2 Å². The Morgan fingerprint density at radius 3 is 1.59 bits per heavy atom. The number of likely N-dealkylation sites (tertiary alicyclic amines) is 1. The Hall–Kier alpha value is -2.20. The van der Waals surface area contributed by atoms with Crippen molar-refractivity contribution in [2.75, 3.05) is 53.6 Å². The molecule has 1 heterocycles. The fraction of sp³-hybridized carbons (Fsp3) is 0.929. The SMILES string of the molecule is CCCCCC(CCCCC)CCCOC(=O)CCCCCCCOC(=O)[C@@H]1C[C@H](OC(=O)CCN(C)C)CN1CCCCCCC(C)(C)C(=O)OCCCC(CCCCC)CCCCC. The topological polar surface area (TPSA) is 112 Å². The van der Waals surface area contributed by atoms with Crippen molar-refractivity contribution in [3.8, 4) is 0 Å². The van der Waals surface area contributed by atoms with Gasteiger partial charge in [-0.25, -0.2) is 0 Å². The highest BCUT2D eigenvalue weighted by Crippen LogP contribution is 2.28. The van der Waals surface area contributed by atoms with Crippen LogP contribution in [0.15, 0.2) is 0 Å². The Balaban J connectivity index is 2.42. The van der Waals surface area contributed by atoms with Crippen LogP contribution in [0.2, 0.25) is 0 Å². The standard InChI is InChI=1S/C56H106N2O8/c1-9-13-22-32-48(33-23-14-10-2)36-30-44-63-52(59)38-26-18-17-21-29-43-64-54(61)51-46-50(66-53(60)39-42-57(7)8)47-58(51)41-28-20-19-27-40-56(5,6)55(62)65-45-31-37-49(34-24-15-11-3)35-25-16-12-4/h48-51H,9-47H2,1-8H3/t50-,51-/m0/s1. The van der Waals surface area contributed by atoms with Crippen molar-refractivity contribution in [3.05, 3.63) is 0 Å². The zero-order valence-corrected chi connectivity index (χ0v) is 44.5. The van der Waals surface area contributed by atoms with Crippen LogP contribution in [-0.4, -0.2) is 99.4 Å². The Labute approximate surface area is 406 Å². The summed E-state index contributed by atoms with van der Waals surface area (Å²) < 4.78 is 23.0. The van der Waals surface area contributed by atoms with Gasteiger partial charge in [-0.3, -0.25) is 24.1 Å². The summed E-state index contributed by atoms with van der Waals surface area (Å²) in [7, 11) is 3.87. The van der Waals surface area contributed by atoms with Gasteiger partial charge in [0.15, 0.2) is 0 Å². The van der Waals surface area contributed by atoms with E-state index in [0.717, 1.165) is 108 Å². The first-order chi connectivity index (χ1) is 31.9. The number of carbonyl (C=O) groups is 4. The van der Waals surface area contributed by atoms with E-state index in [-0.39, 0.29) is 30.0 Å². The molecule has 0 spiro atoms. The van der Waals surface area contributed by atoms with Crippen molar-refractivity contribution in [2.24, 2.45) is 17.3 Å². The predicted molar refractivity (Wildman–Crippen MR) is 272 cm³/mol. The van der Waals surface area contributed by atoms with Crippen molar-refractivity contribution in [1.29, 1.82) is 0 Å². The molecule has 0 saturated carbocycles. The molecule has 10 heteroatoms. The molecule has 0 aromatic rings. The number of nitrogens with zero attached hydrogens (tertiary/aromatic N) is 2. The largest absolute Gasteiger partial charge is 0.466 e. The second-order valence-electron chi connectivity index (χ2n) is 21.0.